The van der Waals surface area contributed by atoms with Crippen molar-refractivity contribution in [1.29, 1.82) is 0 Å². The van der Waals surface area contributed by atoms with Crippen LogP contribution in [0.15, 0.2) is 218 Å². The minimum Gasteiger partial charge on any atom is -0.0622 e. The maximum absolute atomic E-state index is 2.48. The first kappa shape index (κ1) is 41.4. The van der Waals surface area contributed by atoms with Crippen molar-refractivity contribution in [2.45, 2.75) is 57.8 Å². The zero-order chi connectivity index (χ0) is 46.8. The van der Waals surface area contributed by atoms with Gasteiger partial charge >= 0.3 is 0 Å². The van der Waals surface area contributed by atoms with Gasteiger partial charge in [-0.25, -0.2) is 0 Å². The highest BCUT2D eigenvalue weighted by Crippen LogP contribution is 2.55. The molecule has 0 N–H and O–H groups in total. The molecule has 0 aromatic heterocycles. The van der Waals surface area contributed by atoms with E-state index < -0.39 is 0 Å². The minimum absolute atomic E-state index is 0.102. The first-order valence-electron chi connectivity index (χ1n) is 24.6. The van der Waals surface area contributed by atoms with Crippen LogP contribution in [0.25, 0.3) is 100 Å². The number of hydrogen-bond acceptors (Lipinski definition) is 0. The molecule has 0 fully saturated rings. The third kappa shape index (κ3) is 6.42. The maximum atomic E-state index is 2.48. The van der Waals surface area contributed by atoms with Gasteiger partial charge in [0.25, 0.3) is 0 Å². The van der Waals surface area contributed by atoms with E-state index in [1.54, 1.807) is 0 Å². The standard InChI is InChI=1S/C69H54/c1-67(2)61-37-46(43-16-10-7-11-17-43)22-28-55(61)56-29-23-47(38-62(56)67)48-24-30-57-58-31-25-49(40-64(58)68(3,4)63(57)39-48)50-26-32-59-60-33-27-51(42-66(60)69(5,6)65(59)41-50)54-35-52(44-18-12-8-13-19-44)34-53(36-54)45-20-14-9-15-21-45/h7-42H,1-6H3. The summed E-state index contributed by atoms with van der Waals surface area (Å²) >= 11 is 0. The van der Waals surface area contributed by atoms with Gasteiger partial charge in [0.15, 0.2) is 0 Å². The lowest BCUT2D eigenvalue weighted by Crippen LogP contribution is -2.16. The van der Waals surface area contributed by atoms with E-state index in [9.17, 15) is 0 Å². The van der Waals surface area contributed by atoms with Crippen molar-refractivity contribution in [1.82, 2.24) is 0 Å². The molecular formula is C69H54. The van der Waals surface area contributed by atoms with E-state index in [4.69, 9.17) is 0 Å². The second-order valence-electron chi connectivity index (χ2n) is 21.3. The zero-order valence-corrected chi connectivity index (χ0v) is 40.3. The average molecular weight is 883 g/mol. The van der Waals surface area contributed by atoms with Gasteiger partial charge in [0.1, 0.15) is 0 Å². The molecule has 0 aliphatic heterocycles. The molecule has 10 aromatic rings. The van der Waals surface area contributed by atoms with Crippen LogP contribution >= 0.6 is 0 Å². The molecule has 0 spiro atoms. The third-order valence-corrected chi connectivity index (χ3v) is 16.3. The van der Waals surface area contributed by atoms with Crippen molar-refractivity contribution in [3.8, 4) is 100 Å². The summed E-state index contributed by atoms with van der Waals surface area (Å²) in [5.74, 6) is 0. The Bertz CT molecular complexity index is 3660. The fourth-order valence-electron chi connectivity index (χ4n) is 12.3. The van der Waals surface area contributed by atoms with Gasteiger partial charge in [-0.05, 0) is 188 Å². The van der Waals surface area contributed by atoms with Gasteiger partial charge in [-0.3, -0.25) is 0 Å². The molecule has 0 heterocycles. The van der Waals surface area contributed by atoms with Crippen molar-refractivity contribution in [3.05, 3.63) is 252 Å². The molecule has 0 unspecified atom stereocenters. The van der Waals surface area contributed by atoms with E-state index in [-0.39, 0.29) is 16.2 Å². The predicted molar refractivity (Wildman–Crippen MR) is 292 cm³/mol. The second-order valence-corrected chi connectivity index (χ2v) is 21.3. The fourth-order valence-corrected chi connectivity index (χ4v) is 12.3. The molecular weight excluding hydrogens is 829 g/mol. The summed E-state index contributed by atoms with van der Waals surface area (Å²) in [5.41, 5.74) is 31.0. The number of rotatable bonds is 6. The molecule has 0 heteroatoms. The molecule has 0 radical (unpaired) electrons. The lowest BCUT2D eigenvalue weighted by Gasteiger charge is -2.24. The summed E-state index contributed by atoms with van der Waals surface area (Å²) in [6.45, 7) is 14.4. The Morgan fingerprint density at radius 1 is 0.174 bits per heavy atom. The Hall–Kier alpha value is -7.80. The molecule has 10 aromatic carbocycles. The van der Waals surface area contributed by atoms with Crippen molar-refractivity contribution in [2.75, 3.05) is 0 Å². The second kappa shape index (κ2) is 15.1. The normalized spacial score (nSPS) is 14.9. The van der Waals surface area contributed by atoms with Crippen LogP contribution in [-0.2, 0) is 16.2 Å². The SMILES string of the molecule is CC1(C)c2cc(-c3ccccc3)ccc2-c2ccc(-c3ccc4c(c3)C(C)(C)c3cc(-c5ccc6c(c5)C(C)(C)c5cc(-c7cc(-c8ccccc8)cc(-c8ccccc8)c7)ccc5-6)ccc3-4)cc21. The van der Waals surface area contributed by atoms with E-state index in [2.05, 4.69) is 260 Å². The summed E-state index contributed by atoms with van der Waals surface area (Å²) in [4.78, 5) is 0. The number of fused-ring (bicyclic) bond motifs is 9. The molecule has 0 atom stereocenters. The van der Waals surface area contributed by atoms with E-state index >= 15 is 0 Å². The highest BCUT2D eigenvalue weighted by atomic mass is 14.4. The Labute approximate surface area is 407 Å². The van der Waals surface area contributed by atoms with Gasteiger partial charge in [-0.15, -0.1) is 0 Å². The molecule has 0 bridgehead atoms. The number of hydrogen-bond donors (Lipinski definition) is 0. The van der Waals surface area contributed by atoms with Gasteiger partial charge in [0.05, 0.1) is 0 Å². The first-order chi connectivity index (χ1) is 33.4. The van der Waals surface area contributed by atoms with E-state index in [1.807, 2.05) is 0 Å². The van der Waals surface area contributed by atoms with Gasteiger partial charge in [-0.2, -0.15) is 0 Å². The molecule has 0 amide bonds. The molecule has 13 rings (SSSR count). The van der Waals surface area contributed by atoms with Crippen LogP contribution in [0.5, 0.6) is 0 Å². The molecule has 0 saturated carbocycles. The van der Waals surface area contributed by atoms with E-state index in [1.165, 1.54) is 134 Å². The Morgan fingerprint density at radius 2 is 0.362 bits per heavy atom. The monoisotopic (exact) mass is 882 g/mol. The van der Waals surface area contributed by atoms with Crippen molar-refractivity contribution >= 4 is 0 Å². The smallest absolute Gasteiger partial charge is 0.0159 e. The molecule has 0 saturated heterocycles. The van der Waals surface area contributed by atoms with Crippen LogP contribution in [0, 0.1) is 0 Å². The van der Waals surface area contributed by atoms with Gasteiger partial charge in [0.2, 0.25) is 0 Å². The minimum atomic E-state index is -0.167. The van der Waals surface area contributed by atoms with Crippen LogP contribution in [-0.4, -0.2) is 0 Å². The third-order valence-electron chi connectivity index (χ3n) is 16.3. The van der Waals surface area contributed by atoms with Crippen LogP contribution in [0.1, 0.15) is 74.9 Å². The first-order valence-corrected chi connectivity index (χ1v) is 24.6. The summed E-state index contributed by atoms with van der Waals surface area (Å²) in [6.07, 6.45) is 0. The average Bonchev–Trinajstić information content (AvgIpc) is 3.87. The molecule has 0 nitrogen and oxygen atoms in total. The fraction of sp³-hybridized carbons (Fsp3) is 0.130. The maximum Gasteiger partial charge on any atom is 0.0159 e. The summed E-state index contributed by atoms with van der Waals surface area (Å²) in [5, 5.41) is 0. The molecule has 3 aliphatic rings. The molecule has 3 aliphatic carbocycles. The number of benzene rings is 10. The van der Waals surface area contributed by atoms with Crippen LogP contribution in [0.2, 0.25) is 0 Å². The van der Waals surface area contributed by atoms with Crippen molar-refractivity contribution < 1.29 is 0 Å². The zero-order valence-electron chi connectivity index (χ0n) is 40.3. The molecule has 69 heavy (non-hydrogen) atoms. The van der Waals surface area contributed by atoms with Gasteiger partial charge in [-0.1, -0.05) is 205 Å². The van der Waals surface area contributed by atoms with E-state index in [0.29, 0.717) is 0 Å². The molecule has 330 valence electrons. The van der Waals surface area contributed by atoms with Crippen LogP contribution in [0.4, 0.5) is 0 Å². The highest BCUT2D eigenvalue weighted by Gasteiger charge is 2.39. The summed E-state index contributed by atoms with van der Waals surface area (Å²) in [7, 11) is 0. The van der Waals surface area contributed by atoms with E-state index in [0.717, 1.165) is 0 Å². The van der Waals surface area contributed by atoms with Gasteiger partial charge in [0, 0.05) is 16.2 Å². The van der Waals surface area contributed by atoms with Crippen molar-refractivity contribution in [3.63, 3.8) is 0 Å². The summed E-state index contributed by atoms with van der Waals surface area (Å²) in [6, 6.07) is 82.3. The largest absolute Gasteiger partial charge is 0.0622 e. The highest BCUT2D eigenvalue weighted by molar-refractivity contribution is 5.91. The van der Waals surface area contributed by atoms with Crippen molar-refractivity contribution in [2.24, 2.45) is 0 Å². The Morgan fingerprint density at radius 3 is 0.609 bits per heavy atom. The lowest BCUT2D eigenvalue weighted by molar-refractivity contribution is 0.659. The predicted octanol–water partition coefficient (Wildman–Crippen LogP) is 18.6. The van der Waals surface area contributed by atoms with Crippen LogP contribution < -0.4 is 0 Å². The van der Waals surface area contributed by atoms with Crippen LogP contribution in [0.3, 0.4) is 0 Å². The lowest BCUT2D eigenvalue weighted by atomic mass is 9.79. The Balaban J connectivity index is 0.807. The topological polar surface area (TPSA) is 0 Å². The summed E-state index contributed by atoms with van der Waals surface area (Å²) < 4.78 is 0. The quantitative estimate of drug-likeness (QED) is 0.156. The van der Waals surface area contributed by atoms with Gasteiger partial charge < -0.3 is 0 Å². The Kier molecular flexibility index (Phi) is 9.06.